The van der Waals surface area contributed by atoms with Gasteiger partial charge in [0.2, 0.25) is 0 Å². The average Bonchev–Trinajstić information content (AvgIpc) is 2.65. The van der Waals surface area contributed by atoms with Gasteiger partial charge in [0.1, 0.15) is 0 Å². The Hall–Kier alpha value is -0.0900. The van der Waals surface area contributed by atoms with Crippen LogP contribution < -0.4 is 5.32 Å². The molecule has 2 nitrogen and oxygen atoms in total. The van der Waals surface area contributed by atoms with E-state index in [9.17, 15) is 0 Å². The van der Waals surface area contributed by atoms with Crippen LogP contribution in [0.15, 0.2) is 12.1 Å². The van der Waals surface area contributed by atoms with Crippen molar-refractivity contribution in [2.75, 3.05) is 20.3 Å². The molecule has 1 heterocycles. The van der Waals surface area contributed by atoms with Gasteiger partial charge in [0.15, 0.2) is 0 Å². The number of rotatable bonds is 7. The molecule has 0 saturated carbocycles. The lowest BCUT2D eigenvalue weighted by Gasteiger charge is -2.13. The Morgan fingerprint density at radius 1 is 1.53 bits per heavy atom. The molecule has 1 unspecified atom stereocenters. The van der Waals surface area contributed by atoms with Gasteiger partial charge in [0.05, 0.1) is 4.34 Å². The first kappa shape index (κ1) is 13.0. The van der Waals surface area contributed by atoms with E-state index in [0.29, 0.717) is 6.04 Å². The fourth-order valence-electron chi connectivity index (χ4n) is 1.48. The molecule has 0 saturated heterocycles. The maximum absolute atomic E-state index is 5.91. The maximum atomic E-state index is 5.91. The summed E-state index contributed by atoms with van der Waals surface area (Å²) in [6.07, 6.45) is 2.17. The summed E-state index contributed by atoms with van der Waals surface area (Å²) in [6, 6.07) is 4.45. The third-order valence-electron chi connectivity index (χ3n) is 2.27. The maximum Gasteiger partial charge on any atom is 0.0931 e. The summed E-state index contributed by atoms with van der Waals surface area (Å²) < 4.78 is 6.18. The van der Waals surface area contributed by atoms with Gasteiger partial charge in [0, 0.05) is 24.1 Å². The largest absolute Gasteiger partial charge is 0.382 e. The van der Waals surface area contributed by atoms with Crippen molar-refractivity contribution in [2.24, 2.45) is 0 Å². The normalized spacial score (nSPS) is 13.0. The van der Waals surface area contributed by atoms with Crippen LogP contribution in [0, 0.1) is 0 Å². The zero-order valence-electron chi connectivity index (χ0n) is 9.25. The molecule has 0 aliphatic carbocycles. The summed E-state index contributed by atoms with van der Waals surface area (Å²) in [5, 5.41) is 3.30. The van der Waals surface area contributed by atoms with Crippen molar-refractivity contribution in [2.45, 2.75) is 25.8 Å². The highest BCUT2D eigenvalue weighted by atomic mass is 35.5. The fraction of sp³-hybridized carbons (Fsp3) is 0.636. The predicted octanol–water partition coefficient (Wildman–Crippen LogP) is 3.48. The first-order valence-electron chi connectivity index (χ1n) is 5.28. The quantitative estimate of drug-likeness (QED) is 0.745. The van der Waals surface area contributed by atoms with Crippen LogP contribution in [0.1, 0.15) is 30.7 Å². The molecule has 1 atom stereocenters. The fourth-order valence-corrected chi connectivity index (χ4v) is 2.68. The molecule has 4 heteroatoms. The predicted molar refractivity (Wildman–Crippen MR) is 66.9 cm³/mol. The van der Waals surface area contributed by atoms with Gasteiger partial charge in [0.25, 0.3) is 0 Å². The topological polar surface area (TPSA) is 21.3 Å². The van der Waals surface area contributed by atoms with E-state index < -0.39 is 0 Å². The highest BCUT2D eigenvalue weighted by molar-refractivity contribution is 7.16. The lowest BCUT2D eigenvalue weighted by Crippen LogP contribution is -2.15. The molecule has 1 aromatic rings. The first-order chi connectivity index (χ1) is 7.27. The van der Waals surface area contributed by atoms with Gasteiger partial charge in [-0.15, -0.1) is 11.3 Å². The minimum atomic E-state index is 0.406. The number of hydrogen-bond acceptors (Lipinski definition) is 3. The monoisotopic (exact) mass is 247 g/mol. The van der Waals surface area contributed by atoms with Gasteiger partial charge >= 0.3 is 0 Å². The number of halogens is 1. The van der Waals surface area contributed by atoms with Crippen LogP contribution in [-0.4, -0.2) is 20.3 Å². The molecule has 1 N–H and O–H groups in total. The van der Waals surface area contributed by atoms with Crippen LogP contribution in [0.2, 0.25) is 4.34 Å². The van der Waals surface area contributed by atoms with E-state index in [4.69, 9.17) is 16.3 Å². The van der Waals surface area contributed by atoms with Crippen molar-refractivity contribution in [3.05, 3.63) is 21.3 Å². The van der Waals surface area contributed by atoms with E-state index in [1.54, 1.807) is 11.3 Å². The molecule has 0 aliphatic heterocycles. The second-order valence-corrected chi connectivity index (χ2v) is 5.07. The Bertz CT molecular complexity index is 277. The van der Waals surface area contributed by atoms with Gasteiger partial charge in [-0.25, -0.2) is 0 Å². The van der Waals surface area contributed by atoms with E-state index in [1.165, 1.54) is 4.88 Å². The summed E-state index contributed by atoms with van der Waals surface area (Å²) in [5.74, 6) is 0. The minimum absolute atomic E-state index is 0.406. The Labute approximate surface area is 101 Å². The zero-order chi connectivity index (χ0) is 11.1. The average molecular weight is 248 g/mol. The molecule has 0 spiro atoms. The van der Waals surface area contributed by atoms with Crippen molar-refractivity contribution >= 4 is 22.9 Å². The van der Waals surface area contributed by atoms with Crippen molar-refractivity contribution in [1.82, 2.24) is 5.32 Å². The Balaban J connectivity index is 2.35. The summed E-state index contributed by atoms with van der Waals surface area (Å²) in [4.78, 5) is 1.30. The molecule has 86 valence electrons. The van der Waals surface area contributed by atoms with Crippen molar-refractivity contribution in [1.29, 1.82) is 0 Å². The lowest BCUT2D eigenvalue weighted by atomic mass is 10.1. The summed E-state index contributed by atoms with van der Waals surface area (Å²) >= 11 is 7.56. The van der Waals surface area contributed by atoms with Crippen LogP contribution in [-0.2, 0) is 4.74 Å². The molecule has 0 bridgehead atoms. The number of nitrogens with one attached hydrogen (secondary N) is 1. The summed E-state index contributed by atoms with van der Waals surface area (Å²) in [7, 11) is 1.99. The van der Waals surface area contributed by atoms with Gasteiger partial charge < -0.3 is 10.1 Å². The number of ether oxygens (including phenoxy) is 1. The molecular formula is C11H18ClNOS. The molecule has 1 rings (SSSR count). The zero-order valence-corrected chi connectivity index (χ0v) is 10.8. The standard InChI is InChI=1S/C11H18ClNOS/c1-3-14-8-4-5-9(13-2)10-6-7-11(12)15-10/h6-7,9,13H,3-5,8H2,1-2H3. The highest BCUT2D eigenvalue weighted by Crippen LogP contribution is 2.29. The van der Waals surface area contributed by atoms with Gasteiger partial charge in [-0.2, -0.15) is 0 Å². The molecular weight excluding hydrogens is 230 g/mol. The number of thiophene rings is 1. The molecule has 0 aromatic carbocycles. The van der Waals surface area contributed by atoms with E-state index in [0.717, 1.165) is 30.4 Å². The van der Waals surface area contributed by atoms with Gasteiger partial charge in [-0.3, -0.25) is 0 Å². The third kappa shape index (κ3) is 4.51. The second kappa shape index (κ2) is 7.23. The lowest BCUT2D eigenvalue weighted by molar-refractivity contribution is 0.141. The molecule has 0 radical (unpaired) electrons. The van der Waals surface area contributed by atoms with Crippen LogP contribution in [0.25, 0.3) is 0 Å². The Morgan fingerprint density at radius 3 is 2.87 bits per heavy atom. The van der Waals surface area contributed by atoms with Crippen LogP contribution in [0.5, 0.6) is 0 Å². The van der Waals surface area contributed by atoms with Gasteiger partial charge in [-0.05, 0) is 38.9 Å². The smallest absolute Gasteiger partial charge is 0.0931 e. The van der Waals surface area contributed by atoms with E-state index in [2.05, 4.69) is 11.4 Å². The summed E-state index contributed by atoms with van der Waals surface area (Å²) in [6.45, 7) is 3.66. The van der Waals surface area contributed by atoms with Crippen molar-refractivity contribution in [3.63, 3.8) is 0 Å². The van der Waals surface area contributed by atoms with Crippen LogP contribution >= 0.6 is 22.9 Å². The second-order valence-electron chi connectivity index (χ2n) is 3.32. The van der Waals surface area contributed by atoms with E-state index >= 15 is 0 Å². The molecule has 0 amide bonds. The van der Waals surface area contributed by atoms with Crippen molar-refractivity contribution < 1.29 is 4.74 Å². The first-order valence-corrected chi connectivity index (χ1v) is 6.47. The van der Waals surface area contributed by atoms with Crippen LogP contribution in [0.4, 0.5) is 0 Å². The molecule has 0 aliphatic rings. The molecule has 0 fully saturated rings. The molecule has 15 heavy (non-hydrogen) atoms. The van der Waals surface area contributed by atoms with E-state index in [1.807, 2.05) is 20.0 Å². The highest BCUT2D eigenvalue weighted by Gasteiger charge is 2.10. The summed E-state index contributed by atoms with van der Waals surface area (Å²) in [5.41, 5.74) is 0. The SMILES string of the molecule is CCOCCCC(NC)c1ccc(Cl)s1. The molecule has 1 aromatic heterocycles. The number of hydrogen-bond donors (Lipinski definition) is 1. The minimum Gasteiger partial charge on any atom is -0.382 e. The Morgan fingerprint density at radius 2 is 2.33 bits per heavy atom. The van der Waals surface area contributed by atoms with E-state index in [-0.39, 0.29) is 0 Å². The van der Waals surface area contributed by atoms with Gasteiger partial charge in [-0.1, -0.05) is 11.6 Å². The van der Waals surface area contributed by atoms with Crippen LogP contribution in [0.3, 0.4) is 0 Å². The van der Waals surface area contributed by atoms with Crippen molar-refractivity contribution in [3.8, 4) is 0 Å². The Kier molecular flexibility index (Phi) is 6.25. The third-order valence-corrected chi connectivity index (χ3v) is 3.62.